The van der Waals surface area contributed by atoms with Crippen molar-refractivity contribution in [2.24, 2.45) is 0 Å². The van der Waals surface area contributed by atoms with Gasteiger partial charge in [-0.25, -0.2) is 4.39 Å². The minimum atomic E-state index is -1.09. The van der Waals surface area contributed by atoms with Crippen molar-refractivity contribution in [3.8, 4) is 11.1 Å². The molecule has 0 bridgehead atoms. The van der Waals surface area contributed by atoms with E-state index in [1.54, 1.807) is 60.9 Å². The third kappa shape index (κ3) is 6.49. The average Bonchev–Trinajstić information content (AvgIpc) is 2.90. The Balaban J connectivity index is 1.39. The minimum Gasteiger partial charge on any atom is -0.332 e. The van der Waals surface area contributed by atoms with Gasteiger partial charge in [0.15, 0.2) is 11.8 Å². The number of hydrogen-bond acceptors (Lipinski definition) is 4. The third-order valence-electron chi connectivity index (χ3n) is 5.10. The molecule has 0 saturated carbocycles. The molecule has 9 heteroatoms. The first-order chi connectivity index (χ1) is 17.5. The third-order valence-corrected chi connectivity index (χ3v) is 5.30. The molecule has 36 heavy (non-hydrogen) atoms. The van der Waals surface area contributed by atoms with Gasteiger partial charge >= 0.3 is 0 Å². The maximum Gasteiger partial charge on any atom is 0.255 e. The first-order valence-corrected chi connectivity index (χ1v) is 11.4. The molecule has 2 amide bonds. The van der Waals surface area contributed by atoms with E-state index in [4.69, 9.17) is 12.2 Å². The lowest BCUT2D eigenvalue weighted by molar-refractivity contribution is -0.117. The Morgan fingerprint density at radius 2 is 1.42 bits per heavy atom. The van der Waals surface area contributed by atoms with Crippen molar-refractivity contribution in [2.75, 3.05) is 27.9 Å². The van der Waals surface area contributed by atoms with Gasteiger partial charge < -0.3 is 21.3 Å². The van der Waals surface area contributed by atoms with Gasteiger partial charge in [-0.05, 0) is 72.4 Å². The van der Waals surface area contributed by atoms with Crippen LogP contribution in [0.25, 0.3) is 11.1 Å². The summed E-state index contributed by atoms with van der Waals surface area (Å²) in [6.07, 6.45) is 3.13. The molecule has 0 aliphatic carbocycles. The summed E-state index contributed by atoms with van der Waals surface area (Å²) in [7, 11) is 0. The monoisotopic (exact) mass is 499 g/mol. The fraction of sp³-hybridized carbons (Fsp3) is 0.0370. The summed E-state index contributed by atoms with van der Waals surface area (Å²) in [5.41, 5.74) is 4.74. The lowest BCUT2D eigenvalue weighted by atomic mass is 10.0. The zero-order valence-electron chi connectivity index (χ0n) is 19.0. The number of carbonyl (C=O) groups is 2. The quantitative estimate of drug-likeness (QED) is 0.243. The molecule has 0 unspecified atom stereocenters. The lowest BCUT2D eigenvalue weighted by Crippen LogP contribution is -2.19. The Morgan fingerprint density at radius 3 is 2.14 bits per heavy atom. The van der Waals surface area contributed by atoms with E-state index in [-0.39, 0.29) is 5.91 Å². The summed E-state index contributed by atoms with van der Waals surface area (Å²) >= 11 is 5.45. The number of rotatable bonds is 7. The first kappa shape index (κ1) is 24.5. The van der Waals surface area contributed by atoms with E-state index < -0.39 is 12.6 Å². The highest BCUT2D eigenvalue weighted by atomic mass is 32.1. The molecule has 0 spiro atoms. The standard InChI is InChI=1S/C27H22FN5O2S/c28-17-25(34)33-24-7-2-1-6-23(24)19-4-3-5-22(16-19)32-27(36)31-21-10-8-20(9-11-21)30-26(35)18-12-14-29-15-13-18/h1-16H,17H2,(H,30,35)(H,33,34)(H2,31,32,36). The first-order valence-electron chi connectivity index (χ1n) is 11.0. The fourth-order valence-corrected chi connectivity index (χ4v) is 3.66. The second kappa shape index (κ2) is 11.7. The molecule has 7 nitrogen and oxygen atoms in total. The zero-order valence-corrected chi connectivity index (χ0v) is 19.8. The molecule has 1 aromatic heterocycles. The Morgan fingerprint density at radius 1 is 0.750 bits per heavy atom. The molecule has 0 radical (unpaired) electrons. The maximum absolute atomic E-state index is 12.7. The van der Waals surface area contributed by atoms with Crippen LogP contribution in [0.15, 0.2) is 97.3 Å². The van der Waals surface area contributed by atoms with Crippen LogP contribution in [0.2, 0.25) is 0 Å². The molecule has 0 atom stereocenters. The number of alkyl halides is 1. The van der Waals surface area contributed by atoms with Crippen LogP contribution >= 0.6 is 12.2 Å². The summed E-state index contributed by atoms with van der Waals surface area (Å²) in [4.78, 5) is 27.7. The van der Waals surface area contributed by atoms with Crippen LogP contribution in [0.4, 0.5) is 27.1 Å². The number of pyridine rings is 1. The number of halogens is 1. The van der Waals surface area contributed by atoms with Gasteiger partial charge in [0.25, 0.3) is 11.8 Å². The van der Waals surface area contributed by atoms with E-state index in [0.29, 0.717) is 22.1 Å². The molecule has 4 rings (SSSR count). The number of para-hydroxylation sites is 1. The molecule has 180 valence electrons. The van der Waals surface area contributed by atoms with Crippen molar-refractivity contribution in [3.05, 3.63) is 103 Å². The van der Waals surface area contributed by atoms with Gasteiger partial charge in [-0.2, -0.15) is 0 Å². The van der Waals surface area contributed by atoms with Crippen molar-refractivity contribution in [2.45, 2.75) is 0 Å². The number of amides is 2. The number of nitrogens with one attached hydrogen (secondary N) is 4. The summed E-state index contributed by atoms with van der Waals surface area (Å²) in [5, 5.41) is 12.0. The van der Waals surface area contributed by atoms with E-state index in [2.05, 4.69) is 26.3 Å². The molecular weight excluding hydrogens is 477 g/mol. The van der Waals surface area contributed by atoms with Crippen molar-refractivity contribution in [1.82, 2.24) is 4.98 Å². The van der Waals surface area contributed by atoms with Gasteiger partial charge in [0.2, 0.25) is 0 Å². The maximum atomic E-state index is 12.7. The van der Waals surface area contributed by atoms with E-state index in [1.807, 2.05) is 36.4 Å². The summed E-state index contributed by atoms with van der Waals surface area (Å²) in [6.45, 7) is -1.09. The normalized spacial score (nSPS) is 10.2. The minimum absolute atomic E-state index is 0.221. The van der Waals surface area contributed by atoms with E-state index in [9.17, 15) is 14.0 Å². The lowest BCUT2D eigenvalue weighted by Gasteiger charge is -2.14. The van der Waals surface area contributed by atoms with Gasteiger partial charge in [-0.15, -0.1) is 0 Å². The molecule has 0 fully saturated rings. The molecule has 0 saturated heterocycles. The molecule has 0 aliphatic rings. The van der Waals surface area contributed by atoms with Gasteiger partial charge in [-0.1, -0.05) is 30.3 Å². The number of benzene rings is 3. The molecule has 4 aromatic rings. The number of hydrogen-bond donors (Lipinski definition) is 4. The van der Waals surface area contributed by atoms with Crippen LogP contribution in [0.3, 0.4) is 0 Å². The largest absolute Gasteiger partial charge is 0.332 e. The highest BCUT2D eigenvalue weighted by Crippen LogP contribution is 2.29. The van der Waals surface area contributed by atoms with Gasteiger partial charge in [0.1, 0.15) is 0 Å². The van der Waals surface area contributed by atoms with Crippen LogP contribution in [-0.2, 0) is 4.79 Å². The second-order valence-electron chi connectivity index (χ2n) is 7.65. The van der Waals surface area contributed by atoms with Crippen molar-refractivity contribution in [3.63, 3.8) is 0 Å². The second-order valence-corrected chi connectivity index (χ2v) is 8.06. The van der Waals surface area contributed by atoms with Crippen molar-refractivity contribution < 1.29 is 14.0 Å². The van der Waals surface area contributed by atoms with Gasteiger partial charge in [0.05, 0.1) is 0 Å². The van der Waals surface area contributed by atoms with E-state index >= 15 is 0 Å². The summed E-state index contributed by atoms with van der Waals surface area (Å²) in [6, 6.07) is 25.1. The highest BCUT2D eigenvalue weighted by Gasteiger charge is 2.09. The summed E-state index contributed by atoms with van der Waals surface area (Å²) in [5.74, 6) is -0.925. The number of thiocarbonyl (C=S) groups is 1. The Bertz CT molecular complexity index is 1380. The highest BCUT2D eigenvalue weighted by molar-refractivity contribution is 7.80. The molecule has 0 aliphatic heterocycles. The van der Waals surface area contributed by atoms with Crippen molar-refractivity contribution in [1.29, 1.82) is 0 Å². The SMILES string of the molecule is O=C(CF)Nc1ccccc1-c1cccc(NC(=S)Nc2ccc(NC(=O)c3ccncc3)cc2)c1. The zero-order chi connectivity index (χ0) is 25.3. The molecule has 1 heterocycles. The van der Waals surface area contributed by atoms with Crippen LogP contribution in [0.1, 0.15) is 10.4 Å². The number of aromatic nitrogens is 1. The molecule has 3 aromatic carbocycles. The Kier molecular flexibility index (Phi) is 7.94. The topological polar surface area (TPSA) is 95.1 Å². The predicted octanol–water partition coefficient (Wildman–Crippen LogP) is 5.72. The Labute approximate surface area is 212 Å². The summed E-state index contributed by atoms with van der Waals surface area (Å²) < 4.78 is 12.7. The van der Waals surface area contributed by atoms with E-state index in [1.165, 1.54) is 0 Å². The smallest absolute Gasteiger partial charge is 0.255 e. The van der Waals surface area contributed by atoms with Gasteiger partial charge in [0, 0.05) is 46.3 Å². The van der Waals surface area contributed by atoms with Gasteiger partial charge in [-0.3, -0.25) is 14.6 Å². The Hall–Kier alpha value is -4.63. The number of carbonyl (C=O) groups excluding carboxylic acids is 2. The number of nitrogens with zero attached hydrogens (tertiary/aromatic N) is 1. The van der Waals surface area contributed by atoms with E-state index in [0.717, 1.165) is 22.5 Å². The molecule has 4 N–H and O–H groups in total. The predicted molar refractivity (Wildman–Crippen MR) is 145 cm³/mol. The van der Waals surface area contributed by atoms with Crippen molar-refractivity contribution >= 4 is 51.9 Å². The molecular formula is C27H22FN5O2S. The number of anilines is 4. The van der Waals surface area contributed by atoms with Crippen LogP contribution in [0.5, 0.6) is 0 Å². The fourth-order valence-electron chi connectivity index (χ4n) is 3.43. The average molecular weight is 500 g/mol. The van der Waals surface area contributed by atoms with Crippen LogP contribution < -0.4 is 21.3 Å². The van der Waals surface area contributed by atoms with Crippen LogP contribution in [-0.4, -0.2) is 28.6 Å². The van der Waals surface area contributed by atoms with Crippen LogP contribution in [0, 0.1) is 0 Å².